The molecular formula is C42H80O6. The van der Waals surface area contributed by atoms with Gasteiger partial charge in [0.05, 0.1) is 0 Å². The Balaban J connectivity index is 4.36. The average Bonchev–Trinajstić information content (AvgIpc) is 3.06. The number of esters is 3. The van der Waals surface area contributed by atoms with E-state index in [1.165, 1.54) is 109 Å². The first-order valence-electron chi connectivity index (χ1n) is 20.8. The molecule has 0 aromatic rings. The maximum Gasteiger partial charge on any atom is 0.306 e. The van der Waals surface area contributed by atoms with E-state index in [0.717, 1.165) is 69.6 Å². The predicted octanol–water partition coefficient (Wildman–Crippen LogP) is 12.6. The first-order chi connectivity index (χ1) is 23.3. The van der Waals surface area contributed by atoms with E-state index in [9.17, 15) is 14.4 Å². The molecule has 0 heterocycles. The summed E-state index contributed by atoms with van der Waals surface area (Å²) in [5.41, 5.74) is 0. The van der Waals surface area contributed by atoms with Crippen molar-refractivity contribution in [2.45, 2.75) is 227 Å². The lowest BCUT2D eigenvalue weighted by molar-refractivity contribution is -0.167. The lowest BCUT2D eigenvalue weighted by atomic mass is 10.00. The van der Waals surface area contributed by atoms with E-state index in [1.807, 2.05) is 0 Å². The van der Waals surface area contributed by atoms with E-state index < -0.39 is 6.10 Å². The number of carbonyl (C=O) groups is 3. The molecule has 0 rings (SSSR count). The summed E-state index contributed by atoms with van der Waals surface area (Å²) in [6.07, 6.45) is 30.9. The smallest absolute Gasteiger partial charge is 0.306 e. The molecule has 2 atom stereocenters. The molecular weight excluding hydrogens is 600 g/mol. The molecule has 0 aliphatic rings. The fourth-order valence-electron chi connectivity index (χ4n) is 6.01. The molecule has 0 N–H and O–H groups in total. The van der Waals surface area contributed by atoms with Crippen molar-refractivity contribution in [2.24, 2.45) is 11.8 Å². The van der Waals surface area contributed by atoms with Crippen LogP contribution in [-0.2, 0) is 28.6 Å². The van der Waals surface area contributed by atoms with Crippen LogP contribution in [0.15, 0.2) is 0 Å². The SMILES string of the molecule is CCCCCCCCCCCC(=O)O[C@H](COC(=O)CCCCCCCCCCC(C)C)COC(=O)CCCCCCCCC(C)CC. The summed E-state index contributed by atoms with van der Waals surface area (Å²) < 4.78 is 16.6. The molecule has 6 nitrogen and oxygen atoms in total. The Morgan fingerprint density at radius 1 is 0.438 bits per heavy atom. The van der Waals surface area contributed by atoms with Crippen molar-refractivity contribution in [2.75, 3.05) is 13.2 Å². The van der Waals surface area contributed by atoms with Crippen LogP contribution in [-0.4, -0.2) is 37.2 Å². The first kappa shape index (κ1) is 46.4. The quantitative estimate of drug-likeness (QED) is 0.0372. The molecule has 6 heteroatoms. The van der Waals surface area contributed by atoms with E-state index in [-0.39, 0.29) is 31.1 Å². The second-order valence-electron chi connectivity index (χ2n) is 15.0. The molecule has 0 saturated heterocycles. The third-order valence-corrected chi connectivity index (χ3v) is 9.58. The van der Waals surface area contributed by atoms with E-state index in [4.69, 9.17) is 14.2 Å². The summed E-state index contributed by atoms with van der Waals surface area (Å²) in [6.45, 7) is 11.2. The highest BCUT2D eigenvalue weighted by atomic mass is 16.6. The molecule has 0 amide bonds. The van der Waals surface area contributed by atoms with Gasteiger partial charge in [0.2, 0.25) is 0 Å². The molecule has 1 unspecified atom stereocenters. The highest BCUT2D eigenvalue weighted by molar-refractivity contribution is 5.71. The van der Waals surface area contributed by atoms with Crippen LogP contribution >= 0.6 is 0 Å². The molecule has 0 aliphatic carbocycles. The highest BCUT2D eigenvalue weighted by Gasteiger charge is 2.19. The maximum atomic E-state index is 12.6. The van der Waals surface area contributed by atoms with E-state index in [2.05, 4.69) is 34.6 Å². The summed E-state index contributed by atoms with van der Waals surface area (Å²) in [5, 5.41) is 0. The first-order valence-corrected chi connectivity index (χ1v) is 20.8. The second kappa shape index (κ2) is 35.2. The number of hydrogen-bond donors (Lipinski definition) is 0. The largest absolute Gasteiger partial charge is 0.462 e. The molecule has 0 aromatic carbocycles. The van der Waals surface area contributed by atoms with Crippen molar-refractivity contribution in [3.05, 3.63) is 0 Å². The maximum absolute atomic E-state index is 12.6. The van der Waals surface area contributed by atoms with Gasteiger partial charge in [-0.25, -0.2) is 0 Å². The van der Waals surface area contributed by atoms with Crippen molar-refractivity contribution >= 4 is 17.9 Å². The minimum atomic E-state index is -0.759. The summed E-state index contributed by atoms with van der Waals surface area (Å²) in [4.78, 5) is 37.5. The van der Waals surface area contributed by atoms with Gasteiger partial charge in [-0.15, -0.1) is 0 Å². The van der Waals surface area contributed by atoms with Crippen LogP contribution in [0, 0.1) is 11.8 Å². The van der Waals surface area contributed by atoms with E-state index >= 15 is 0 Å². The van der Waals surface area contributed by atoms with Gasteiger partial charge in [-0.2, -0.15) is 0 Å². The zero-order valence-electron chi connectivity index (χ0n) is 32.6. The molecule has 48 heavy (non-hydrogen) atoms. The van der Waals surface area contributed by atoms with Gasteiger partial charge in [0.15, 0.2) is 6.10 Å². The molecule has 0 aliphatic heterocycles. The summed E-state index contributed by atoms with van der Waals surface area (Å²) in [6, 6.07) is 0. The zero-order valence-corrected chi connectivity index (χ0v) is 32.6. The Morgan fingerprint density at radius 2 is 0.792 bits per heavy atom. The molecule has 284 valence electrons. The number of ether oxygens (including phenoxy) is 3. The summed E-state index contributed by atoms with van der Waals surface area (Å²) in [5.74, 6) is 0.741. The Hall–Kier alpha value is -1.59. The predicted molar refractivity (Wildman–Crippen MR) is 201 cm³/mol. The zero-order chi connectivity index (χ0) is 35.5. The van der Waals surface area contributed by atoms with Crippen LogP contribution in [0.25, 0.3) is 0 Å². The van der Waals surface area contributed by atoms with Crippen molar-refractivity contribution < 1.29 is 28.6 Å². The van der Waals surface area contributed by atoms with E-state index in [0.29, 0.717) is 19.3 Å². The minimum absolute atomic E-state index is 0.0668. The van der Waals surface area contributed by atoms with Crippen LogP contribution < -0.4 is 0 Å². The van der Waals surface area contributed by atoms with Gasteiger partial charge in [0.1, 0.15) is 13.2 Å². The van der Waals surface area contributed by atoms with Crippen LogP contribution in [0.3, 0.4) is 0 Å². The number of rotatable bonds is 36. The Morgan fingerprint density at radius 3 is 1.19 bits per heavy atom. The lowest BCUT2D eigenvalue weighted by Crippen LogP contribution is -2.30. The van der Waals surface area contributed by atoms with Crippen molar-refractivity contribution in [1.82, 2.24) is 0 Å². The Labute approximate surface area is 298 Å². The Kier molecular flexibility index (Phi) is 34.1. The molecule has 0 saturated carbocycles. The van der Waals surface area contributed by atoms with Gasteiger partial charge >= 0.3 is 17.9 Å². The highest BCUT2D eigenvalue weighted by Crippen LogP contribution is 2.16. The third kappa shape index (κ3) is 34.3. The van der Waals surface area contributed by atoms with Crippen LogP contribution in [0.4, 0.5) is 0 Å². The second-order valence-corrected chi connectivity index (χ2v) is 15.0. The third-order valence-electron chi connectivity index (χ3n) is 9.58. The van der Waals surface area contributed by atoms with Gasteiger partial charge in [-0.05, 0) is 31.1 Å². The number of hydrogen-bond acceptors (Lipinski definition) is 6. The van der Waals surface area contributed by atoms with Gasteiger partial charge < -0.3 is 14.2 Å². The topological polar surface area (TPSA) is 78.9 Å². The van der Waals surface area contributed by atoms with Gasteiger partial charge in [-0.1, -0.05) is 182 Å². The van der Waals surface area contributed by atoms with Crippen LogP contribution in [0.1, 0.15) is 221 Å². The van der Waals surface area contributed by atoms with Crippen LogP contribution in [0.2, 0.25) is 0 Å². The fourth-order valence-corrected chi connectivity index (χ4v) is 6.01. The standard InChI is InChI=1S/C42H80O6/c1-6-8-9-10-11-12-17-24-29-34-42(45)48-39(36-47-41(44)33-28-23-19-18-21-26-31-38(5)7-2)35-46-40(43)32-27-22-16-14-13-15-20-25-30-37(3)4/h37-39H,6-36H2,1-5H3/t38?,39-/m1/s1. The van der Waals surface area contributed by atoms with Crippen molar-refractivity contribution in [1.29, 1.82) is 0 Å². The van der Waals surface area contributed by atoms with Gasteiger partial charge in [-0.3, -0.25) is 14.4 Å². The monoisotopic (exact) mass is 681 g/mol. The fraction of sp³-hybridized carbons (Fsp3) is 0.929. The molecule has 0 fully saturated rings. The minimum Gasteiger partial charge on any atom is -0.462 e. The summed E-state index contributed by atoms with van der Waals surface area (Å²) in [7, 11) is 0. The number of carbonyl (C=O) groups excluding carboxylic acids is 3. The van der Waals surface area contributed by atoms with Gasteiger partial charge in [0.25, 0.3) is 0 Å². The molecule has 0 radical (unpaired) electrons. The normalized spacial score (nSPS) is 12.6. The Bertz CT molecular complexity index is 736. The molecule has 0 spiro atoms. The molecule has 0 bridgehead atoms. The lowest BCUT2D eigenvalue weighted by Gasteiger charge is -2.18. The average molecular weight is 681 g/mol. The van der Waals surface area contributed by atoms with Crippen molar-refractivity contribution in [3.8, 4) is 0 Å². The van der Waals surface area contributed by atoms with Gasteiger partial charge in [0, 0.05) is 19.3 Å². The summed E-state index contributed by atoms with van der Waals surface area (Å²) >= 11 is 0. The molecule has 0 aromatic heterocycles. The van der Waals surface area contributed by atoms with E-state index in [1.54, 1.807) is 0 Å². The number of unbranched alkanes of at least 4 members (excludes halogenated alkanes) is 20. The van der Waals surface area contributed by atoms with Crippen molar-refractivity contribution in [3.63, 3.8) is 0 Å². The van der Waals surface area contributed by atoms with Crippen LogP contribution in [0.5, 0.6) is 0 Å².